The van der Waals surface area contributed by atoms with Gasteiger partial charge in [0.25, 0.3) is 5.69 Å². The van der Waals surface area contributed by atoms with E-state index in [0.717, 1.165) is 10.9 Å². The van der Waals surface area contributed by atoms with Gasteiger partial charge in [-0.3, -0.25) is 29.7 Å². The van der Waals surface area contributed by atoms with E-state index in [4.69, 9.17) is 9.47 Å². The third kappa shape index (κ3) is 5.32. The number of hydrogen-bond acceptors (Lipinski definition) is 8. The Morgan fingerprint density at radius 3 is 2.32 bits per heavy atom. The van der Waals surface area contributed by atoms with Gasteiger partial charge in [0.2, 0.25) is 5.91 Å². The average Bonchev–Trinajstić information content (AvgIpc) is 3.08. The van der Waals surface area contributed by atoms with Crippen LogP contribution in [0.15, 0.2) is 48.7 Å². The number of anilines is 1. The molecule has 1 heterocycles. The van der Waals surface area contributed by atoms with Crippen LogP contribution in [-0.2, 0) is 11.3 Å². The third-order valence-corrected chi connectivity index (χ3v) is 4.10. The van der Waals surface area contributed by atoms with Gasteiger partial charge in [0.15, 0.2) is 0 Å². The molecule has 0 spiro atoms. The van der Waals surface area contributed by atoms with E-state index in [1.165, 1.54) is 32.2 Å². The molecule has 3 rings (SSSR count). The number of carbonyl (C=O) groups excluding carboxylic acids is 1. The lowest BCUT2D eigenvalue weighted by Crippen LogP contribution is -2.19. The number of aryl methyl sites for hydroxylation is 1. The highest BCUT2D eigenvalue weighted by Gasteiger charge is 2.18. The molecule has 0 aliphatic heterocycles. The number of non-ortho nitro benzene ring substituents is 1. The Morgan fingerprint density at radius 1 is 1.06 bits per heavy atom. The van der Waals surface area contributed by atoms with Crippen LogP contribution in [0, 0.1) is 27.2 Å². The first-order chi connectivity index (χ1) is 14.7. The summed E-state index contributed by atoms with van der Waals surface area (Å²) < 4.78 is 11.8. The van der Waals surface area contributed by atoms with Gasteiger partial charge in [-0.05, 0) is 31.2 Å². The third-order valence-electron chi connectivity index (χ3n) is 4.10. The van der Waals surface area contributed by atoms with Crippen molar-refractivity contribution in [2.75, 3.05) is 12.4 Å². The molecule has 0 bridgehead atoms. The van der Waals surface area contributed by atoms with Gasteiger partial charge in [0, 0.05) is 12.1 Å². The number of nitro benzene ring substituents is 1. The molecule has 0 fully saturated rings. The number of hydrogen-bond donors (Lipinski definition) is 1. The average molecular weight is 427 g/mol. The molecule has 0 atom stereocenters. The Bertz CT molecular complexity index is 1140. The lowest BCUT2D eigenvalue weighted by Gasteiger charge is -2.10. The zero-order valence-corrected chi connectivity index (χ0v) is 16.5. The van der Waals surface area contributed by atoms with Gasteiger partial charge in [-0.15, -0.1) is 0 Å². The van der Waals surface area contributed by atoms with E-state index in [-0.39, 0.29) is 35.1 Å². The predicted molar refractivity (Wildman–Crippen MR) is 108 cm³/mol. The van der Waals surface area contributed by atoms with Crippen molar-refractivity contribution < 1.29 is 24.1 Å². The molecule has 0 aliphatic rings. The highest BCUT2D eigenvalue weighted by atomic mass is 16.6. The molecule has 3 aromatic rings. The first-order valence-corrected chi connectivity index (χ1v) is 8.85. The van der Waals surface area contributed by atoms with Crippen LogP contribution < -0.4 is 14.8 Å². The molecule has 1 aromatic heterocycles. The maximum Gasteiger partial charge on any atom is 0.309 e. The lowest BCUT2D eigenvalue weighted by atomic mass is 10.2. The maximum atomic E-state index is 12.3. The number of nitrogens with one attached hydrogen (secondary N) is 1. The Kier molecular flexibility index (Phi) is 6.10. The zero-order chi connectivity index (χ0) is 22.5. The van der Waals surface area contributed by atoms with Crippen LogP contribution in [0.25, 0.3) is 0 Å². The van der Waals surface area contributed by atoms with E-state index in [1.54, 1.807) is 24.3 Å². The predicted octanol–water partition coefficient (Wildman–Crippen LogP) is 3.45. The number of methoxy groups -OCH3 is 1. The van der Waals surface area contributed by atoms with Crippen molar-refractivity contribution in [3.05, 3.63) is 74.6 Å². The van der Waals surface area contributed by atoms with Crippen molar-refractivity contribution in [1.29, 1.82) is 0 Å². The van der Waals surface area contributed by atoms with Gasteiger partial charge in [-0.25, -0.2) is 0 Å². The molecule has 31 heavy (non-hydrogen) atoms. The molecule has 0 saturated heterocycles. The first-order valence-electron chi connectivity index (χ1n) is 8.85. The molecule has 1 amide bonds. The topological polar surface area (TPSA) is 152 Å². The highest BCUT2D eigenvalue weighted by molar-refractivity contribution is 5.91. The molecule has 2 aromatic carbocycles. The number of ether oxygens (including phenoxy) is 2. The number of rotatable bonds is 8. The van der Waals surface area contributed by atoms with Crippen molar-refractivity contribution in [3.63, 3.8) is 0 Å². The van der Waals surface area contributed by atoms with Crippen LogP contribution >= 0.6 is 0 Å². The molecule has 160 valence electrons. The molecule has 0 radical (unpaired) electrons. The fourth-order valence-electron chi connectivity index (χ4n) is 2.71. The summed E-state index contributed by atoms with van der Waals surface area (Å²) in [5.41, 5.74) is -0.199. The van der Waals surface area contributed by atoms with Gasteiger partial charge in [0.1, 0.15) is 35.7 Å². The second-order valence-corrected chi connectivity index (χ2v) is 6.35. The minimum atomic E-state index is -0.614. The molecular formula is C19H17N5O7. The molecule has 12 nitrogen and oxygen atoms in total. The van der Waals surface area contributed by atoms with Crippen LogP contribution in [0.4, 0.5) is 17.1 Å². The lowest BCUT2D eigenvalue weighted by molar-refractivity contribution is -0.385. The minimum absolute atomic E-state index is 0.126. The van der Waals surface area contributed by atoms with E-state index in [2.05, 4.69) is 10.4 Å². The molecule has 12 heteroatoms. The smallest absolute Gasteiger partial charge is 0.309 e. The first kappa shape index (κ1) is 21.2. The largest absolute Gasteiger partial charge is 0.497 e. The zero-order valence-electron chi connectivity index (χ0n) is 16.5. The van der Waals surface area contributed by atoms with Crippen LogP contribution in [0.5, 0.6) is 17.2 Å². The SMILES string of the molecule is COc1ccc(Oc2cc(NC(=O)Cn3cc([N+](=O)[O-])c(C)n3)cc([N+](=O)[O-])c2)cc1. The van der Waals surface area contributed by atoms with Crippen molar-refractivity contribution >= 4 is 23.0 Å². The van der Waals surface area contributed by atoms with Crippen LogP contribution in [0.3, 0.4) is 0 Å². The van der Waals surface area contributed by atoms with E-state index in [1.807, 2.05) is 0 Å². The number of benzene rings is 2. The molecule has 0 aliphatic carbocycles. The van der Waals surface area contributed by atoms with Gasteiger partial charge in [0.05, 0.1) is 28.7 Å². The summed E-state index contributed by atoms with van der Waals surface area (Å²) in [6.45, 7) is 1.14. The number of aromatic nitrogens is 2. The molecule has 0 saturated carbocycles. The normalized spacial score (nSPS) is 10.4. The minimum Gasteiger partial charge on any atom is -0.497 e. The van der Waals surface area contributed by atoms with E-state index in [9.17, 15) is 25.0 Å². The molecule has 1 N–H and O–H groups in total. The summed E-state index contributed by atoms with van der Waals surface area (Å²) in [5.74, 6) is 0.597. The van der Waals surface area contributed by atoms with Gasteiger partial charge in [-0.1, -0.05) is 0 Å². The molecule has 0 unspecified atom stereocenters. The second-order valence-electron chi connectivity index (χ2n) is 6.35. The molecular weight excluding hydrogens is 410 g/mol. The van der Waals surface area contributed by atoms with Crippen LogP contribution in [0.1, 0.15) is 5.69 Å². The number of nitro groups is 2. The second kappa shape index (κ2) is 8.90. The van der Waals surface area contributed by atoms with Crippen molar-refractivity contribution in [3.8, 4) is 17.2 Å². The van der Waals surface area contributed by atoms with Crippen LogP contribution in [0.2, 0.25) is 0 Å². The summed E-state index contributed by atoms with van der Waals surface area (Å²) in [4.78, 5) is 33.3. The maximum absolute atomic E-state index is 12.3. The van der Waals surface area contributed by atoms with E-state index in [0.29, 0.717) is 11.5 Å². The standard InChI is InChI=1S/C19H17N5O7/c1-12-18(24(28)29)10-22(21-12)11-19(25)20-13-7-14(23(26)27)9-17(8-13)31-16-5-3-15(30-2)4-6-16/h3-10H,11H2,1-2H3,(H,20,25). The summed E-state index contributed by atoms with van der Waals surface area (Å²) in [7, 11) is 1.52. The Balaban J connectivity index is 1.78. The van der Waals surface area contributed by atoms with Gasteiger partial charge < -0.3 is 14.8 Å². The van der Waals surface area contributed by atoms with Gasteiger partial charge in [-0.2, -0.15) is 5.10 Å². The number of carbonyl (C=O) groups is 1. The Morgan fingerprint density at radius 2 is 1.74 bits per heavy atom. The highest BCUT2D eigenvalue weighted by Crippen LogP contribution is 2.30. The summed E-state index contributed by atoms with van der Waals surface area (Å²) in [5, 5.41) is 28.6. The quantitative estimate of drug-likeness (QED) is 0.424. The van der Waals surface area contributed by atoms with Gasteiger partial charge >= 0.3 is 5.69 Å². The van der Waals surface area contributed by atoms with Crippen LogP contribution in [-0.4, -0.2) is 32.6 Å². The Hall–Kier alpha value is -4.48. The Labute approximate surface area is 175 Å². The van der Waals surface area contributed by atoms with Crippen molar-refractivity contribution in [2.45, 2.75) is 13.5 Å². The summed E-state index contributed by atoms with van der Waals surface area (Å²) >= 11 is 0. The monoisotopic (exact) mass is 427 g/mol. The summed E-state index contributed by atoms with van der Waals surface area (Å²) in [6, 6.07) is 10.4. The van der Waals surface area contributed by atoms with Crippen molar-refractivity contribution in [1.82, 2.24) is 9.78 Å². The summed E-state index contributed by atoms with van der Waals surface area (Å²) in [6.07, 6.45) is 1.14. The fourth-order valence-corrected chi connectivity index (χ4v) is 2.71. The number of nitrogens with zero attached hydrogens (tertiary/aromatic N) is 4. The van der Waals surface area contributed by atoms with Crippen molar-refractivity contribution in [2.24, 2.45) is 0 Å². The van der Waals surface area contributed by atoms with E-state index < -0.39 is 15.8 Å². The fraction of sp³-hybridized carbons (Fsp3) is 0.158. The van der Waals surface area contributed by atoms with E-state index >= 15 is 0 Å². The number of amides is 1.